The Morgan fingerprint density at radius 2 is 1.86 bits per heavy atom. The van der Waals surface area contributed by atoms with Gasteiger partial charge in [-0.1, -0.05) is 51.7 Å². The van der Waals surface area contributed by atoms with Gasteiger partial charge in [-0.25, -0.2) is 0 Å². The van der Waals surface area contributed by atoms with Crippen LogP contribution in [0.4, 0.5) is 0 Å². The Kier molecular flexibility index (Phi) is 6.72. The van der Waals surface area contributed by atoms with E-state index >= 15 is 0 Å². The molecule has 7 atom stereocenters. The first-order valence-electron chi connectivity index (χ1n) is 13.2. The van der Waals surface area contributed by atoms with Crippen molar-refractivity contribution in [2.24, 2.45) is 40.4 Å². The molecule has 0 spiro atoms. The minimum Gasteiger partial charge on any atom is -0.421 e. The Labute approximate surface area is 183 Å². The molecule has 0 saturated heterocycles. The van der Waals surface area contributed by atoms with E-state index in [4.69, 9.17) is 4.43 Å². The molecule has 0 N–H and O–H groups in total. The van der Waals surface area contributed by atoms with E-state index in [9.17, 15) is 0 Å². The maximum absolute atomic E-state index is 6.13. The van der Waals surface area contributed by atoms with Gasteiger partial charge in [0.1, 0.15) is 0 Å². The van der Waals surface area contributed by atoms with Crippen LogP contribution in [0.1, 0.15) is 97.8 Å². The van der Waals surface area contributed by atoms with Crippen LogP contribution in [0, 0.1) is 40.4 Å². The molecular formula is C27H48OSi. The molecule has 0 aromatic rings. The Morgan fingerprint density at radius 1 is 1.03 bits per heavy atom. The summed E-state index contributed by atoms with van der Waals surface area (Å²) < 4.78 is 6.13. The molecule has 0 bridgehead atoms. The molecule has 4 aliphatic carbocycles. The van der Waals surface area contributed by atoms with Crippen molar-refractivity contribution in [1.29, 1.82) is 0 Å². The molecule has 1 nitrogen and oxygen atoms in total. The van der Waals surface area contributed by atoms with Gasteiger partial charge in [-0.15, -0.1) is 0 Å². The Balaban J connectivity index is 1.59. The summed E-state index contributed by atoms with van der Waals surface area (Å²) in [5, 5.41) is 0. The topological polar surface area (TPSA) is 9.23 Å². The predicted molar refractivity (Wildman–Crippen MR) is 128 cm³/mol. The first kappa shape index (κ1) is 22.1. The molecule has 4 aliphatic rings. The van der Waals surface area contributed by atoms with Gasteiger partial charge in [0.15, 0.2) is 9.04 Å². The van der Waals surface area contributed by atoms with Gasteiger partial charge in [0.2, 0.25) is 0 Å². The second-order valence-corrected chi connectivity index (χ2v) is 14.4. The lowest BCUT2D eigenvalue weighted by atomic mass is 9.45. The van der Waals surface area contributed by atoms with Gasteiger partial charge in [-0.3, -0.25) is 0 Å². The fourth-order valence-corrected chi connectivity index (χ4v) is 9.21. The molecule has 29 heavy (non-hydrogen) atoms. The summed E-state index contributed by atoms with van der Waals surface area (Å²) in [6, 6.07) is 0. The van der Waals surface area contributed by atoms with Crippen molar-refractivity contribution < 1.29 is 4.43 Å². The largest absolute Gasteiger partial charge is 0.421 e. The third-order valence-electron chi connectivity index (χ3n) is 10.2. The van der Waals surface area contributed by atoms with Crippen molar-refractivity contribution >= 4 is 9.04 Å². The van der Waals surface area contributed by atoms with Gasteiger partial charge in [0, 0.05) is 6.61 Å². The van der Waals surface area contributed by atoms with E-state index in [0.29, 0.717) is 10.8 Å². The van der Waals surface area contributed by atoms with E-state index in [2.05, 4.69) is 39.9 Å². The number of hydrogen-bond acceptors (Lipinski definition) is 1. The minimum absolute atomic E-state index is 0.539. The first-order valence-corrected chi connectivity index (χ1v) is 16.0. The normalized spacial score (nSPS) is 44.2. The standard InChI is InChI=1S/C27H48OSi/c1-6-7-10-20-19-22-11-8-9-16-26(22,2)24-14-17-27(3)21(15-18-28-29(4)5)12-13-23(27)25(20)24/h19-21,23-25,29H,6-18H2,1-5H3/t20?,21-,23+,24+,25+,26+,27-/m1/s1. The zero-order valence-corrected chi connectivity index (χ0v) is 21.3. The van der Waals surface area contributed by atoms with Crippen LogP contribution < -0.4 is 0 Å². The molecule has 3 fully saturated rings. The lowest BCUT2D eigenvalue weighted by Gasteiger charge is -2.60. The fourth-order valence-electron chi connectivity index (χ4n) is 8.60. The summed E-state index contributed by atoms with van der Waals surface area (Å²) in [5.74, 6) is 4.71. The van der Waals surface area contributed by atoms with Crippen LogP contribution in [0.15, 0.2) is 11.6 Å². The number of unbranched alkanes of at least 4 members (excludes halogenated alkanes) is 1. The summed E-state index contributed by atoms with van der Waals surface area (Å²) in [7, 11) is -0.874. The van der Waals surface area contributed by atoms with Crippen LogP contribution in [0.2, 0.25) is 13.1 Å². The van der Waals surface area contributed by atoms with Crippen LogP contribution in [-0.4, -0.2) is 15.6 Å². The van der Waals surface area contributed by atoms with Gasteiger partial charge in [-0.2, -0.15) is 0 Å². The van der Waals surface area contributed by atoms with Crippen molar-refractivity contribution in [2.45, 2.75) is 111 Å². The highest BCUT2D eigenvalue weighted by molar-refractivity contribution is 6.48. The number of fused-ring (bicyclic) bond motifs is 5. The third-order valence-corrected chi connectivity index (χ3v) is 11.1. The SMILES string of the molecule is CCCCC1C=C2CCCC[C@]2(C)[C@H]2CC[C@]3(C)[C@@H](CCO[SiH](C)C)CC[C@H]3[C@H]12. The lowest BCUT2D eigenvalue weighted by molar-refractivity contribution is -0.0657. The molecular weight excluding hydrogens is 368 g/mol. The summed E-state index contributed by atoms with van der Waals surface area (Å²) in [5.41, 5.74) is 3.01. The Bertz CT molecular complexity index is 597. The van der Waals surface area contributed by atoms with E-state index in [-0.39, 0.29) is 0 Å². The molecule has 0 radical (unpaired) electrons. The van der Waals surface area contributed by atoms with Gasteiger partial charge < -0.3 is 4.43 Å². The van der Waals surface area contributed by atoms with E-state index in [1.54, 1.807) is 0 Å². The average Bonchev–Trinajstić information content (AvgIpc) is 3.02. The molecule has 0 aromatic heterocycles. The van der Waals surface area contributed by atoms with Crippen LogP contribution in [0.3, 0.4) is 0 Å². The molecule has 0 amide bonds. The molecule has 3 saturated carbocycles. The fraction of sp³-hybridized carbons (Fsp3) is 0.926. The van der Waals surface area contributed by atoms with Gasteiger partial charge in [0.25, 0.3) is 0 Å². The van der Waals surface area contributed by atoms with Crippen molar-refractivity contribution in [2.75, 3.05) is 6.61 Å². The van der Waals surface area contributed by atoms with Gasteiger partial charge >= 0.3 is 0 Å². The zero-order chi connectivity index (χ0) is 20.6. The summed E-state index contributed by atoms with van der Waals surface area (Å²) in [6.45, 7) is 13.4. The Hall–Kier alpha value is -0.0831. The van der Waals surface area contributed by atoms with E-state index in [1.807, 2.05) is 5.57 Å². The highest BCUT2D eigenvalue weighted by Gasteiger charge is 2.59. The zero-order valence-electron chi connectivity index (χ0n) is 20.1. The molecule has 0 heterocycles. The monoisotopic (exact) mass is 416 g/mol. The van der Waals surface area contributed by atoms with Crippen molar-refractivity contribution in [3.05, 3.63) is 11.6 Å². The third kappa shape index (κ3) is 3.95. The van der Waals surface area contributed by atoms with E-state index < -0.39 is 9.04 Å². The quantitative estimate of drug-likeness (QED) is 0.304. The van der Waals surface area contributed by atoms with Crippen molar-refractivity contribution in [3.8, 4) is 0 Å². The smallest absolute Gasteiger partial charge is 0.170 e. The summed E-state index contributed by atoms with van der Waals surface area (Å²) in [6.07, 6.45) is 20.2. The van der Waals surface area contributed by atoms with E-state index in [0.717, 1.165) is 36.2 Å². The Morgan fingerprint density at radius 3 is 2.62 bits per heavy atom. The first-order chi connectivity index (χ1) is 13.9. The summed E-state index contributed by atoms with van der Waals surface area (Å²) in [4.78, 5) is 0. The van der Waals surface area contributed by atoms with Crippen molar-refractivity contribution in [3.63, 3.8) is 0 Å². The lowest BCUT2D eigenvalue weighted by Crippen LogP contribution is -2.52. The highest BCUT2D eigenvalue weighted by atomic mass is 28.3. The molecule has 1 unspecified atom stereocenters. The summed E-state index contributed by atoms with van der Waals surface area (Å²) >= 11 is 0. The number of rotatable bonds is 7. The molecule has 2 heteroatoms. The number of allylic oxidation sites excluding steroid dienone is 2. The van der Waals surface area contributed by atoms with Crippen LogP contribution in [-0.2, 0) is 4.43 Å². The van der Waals surface area contributed by atoms with Gasteiger partial charge in [-0.05, 0) is 111 Å². The average molecular weight is 417 g/mol. The van der Waals surface area contributed by atoms with Gasteiger partial charge in [0.05, 0.1) is 0 Å². The molecule has 166 valence electrons. The number of hydrogen-bond donors (Lipinski definition) is 0. The molecule has 0 aromatic carbocycles. The predicted octanol–water partition coefficient (Wildman–Crippen LogP) is 7.76. The second-order valence-electron chi connectivity index (χ2n) is 11.9. The molecule has 4 rings (SSSR count). The maximum atomic E-state index is 6.13. The van der Waals surface area contributed by atoms with Crippen LogP contribution in [0.5, 0.6) is 0 Å². The second kappa shape index (κ2) is 8.81. The van der Waals surface area contributed by atoms with Crippen LogP contribution >= 0.6 is 0 Å². The molecule has 0 aliphatic heterocycles. The van der Waals surface area contributed by atoms with Crippen LogP contribution in [0.25, 0.3) is 0 Å². The van der Waals surface area contributed by atoms with Crippen molar-refractivity contribution in [1.82, 2.24) is 0 Å². The minimum atomic E-state index is -0.874. The maximum Gasteiger partial charge on any atom is 0.170 e. The highest BCUT2D eigenvalue weighted by Crippen LogP contribution is 2.68. The van der Waals surface area contributed by atoms with E-state index in [1.165, 1.54) is 77.0 Å².